The predicted molar refractivity (Wildman–Crippen MR) is 278 cm³/mol. The van der Waals surface area contributed by atoms with Gasteiger partial charge in [0.05, 0.1) is 62.1 Å². The molecule has 1 unspecified atom stereocenters. The zero-order valence-corrected chi connectivity index (χ0v) is 46.0. The van der Waals surface area contributed by atoms with Crippen molar-refractivity contribution in [3.63, 3.8) is 0 Å². The van der Waals surface area contributed by atoms with Crippen molar-refractivity contribution in [2.75, 3.05) is 89.4 Å². The van der Waals surface area contributed by atoms with E-state index in [1.54, 1.807) is 26.2 Å². The standard InChI is InChI=1S/C52H66F4N2O16S3/c1-51(2,3)46-32-36(39-17-15-37(33-44(39)73-46)57(20-11-31-76(63,64)65)22-23-70-26-27-72-29-28-71-25-24-69-5)12-9-13-45-52(4,19-10-30-75(60,61)62)40-34-38(77(66,67)68)16-18-43(40)58(45)21-8-6-7-14-47(59)74-50-48(55)41(53)35-42(54)49(50)56/h9,12-13,15-18,32-35H,6-8,10-11,14,19-31H2,1-5H3,(H2-,60,61,62,63,64,65,66,67,68)/p+1. The molecule has 0 spiro atoms. The zero-order valence-electron chi connectivity index (χ0n) is 43.6. The molecule has 1 aliphatic carbocycles. The molecule has 0 saturated heterocycles. The smallest absolute Gasteiger partial charge is 0.311 e. The van der Waals surface area contributed by atoms with Crippen LogP contribution in [0.25, 0.3) is 17.4 Å². The summed E-state index contributed by atoms with van der Waals surface area (Å²) in [7, 11) is -11.8. The van der Waals surface area contributed by atoms with Gasteiger partial charge in [-0.2, -0.15) is 34.0 Å². The Kier molecular flexibility index (Phi) is 22.6. The molecule has 0 radical (unpaired) electrons. The summed E-state index contributed by atoms with van der Waals surface area (Å²) in [6.45, 7) is 11.1. The topological polar surface area (TPSA) is 246 Å². The lowest BCUT2D eigenvalue weighted by atomic mass is 9.77. The highest BCUT2D eigenvalue weighted by Gasteiger charge is 2.44. The van der Waals surface area contributed by atoms with E-state index in [2.05, 4.69) is 4.74 Å². The van der Waals surface area contributed by atoms with Gasteiger partial charge in [0.25, 0.3) is 30.4 Å². The van der Waals surface area contributed by atoms with E-state index in [1.807, 2.05) is 60.6 Å². The van der Waals surface area contributed by atoms with Crippen molar-refractivity contribution in [2.45, 2.75) is 88.4 Å². The van der Waals surface area contributed by atoms with E-state index in [4.69, 9.17) is 23.4 Å². The number of rotatable bonds is 30. The molecular weight excluding hydrogens is 1080 g/mol. The maximum absolute atomic E-state index is 14.2. The monoisotopic (exact) mass is 1150 g/mol. The molecule has 1 atom stereocenters. The third-order valence-electron chi connectivity index (χ3n) is 12.6. The van der Waals surface area contributed by atoms with E-state index in [-0.39, 0.29) is 57.9 Å². The van der Waals surface area contributed by atoms with Crippen molar-refractivity contribution in [1.82, 2.24) is 4.58 Å². The molecule has 0 amide bonds. The van der Waals surface area contributed by atoms with Gasteiger partial charge in [0.15, 0.2) is 18.2 Å². The fourth-order valence-corrected chi connectivity index (χ4v) is 10.2. The van der Waals surface area contributed by atoms with Gasteiger partial charge in [-0.1, -0.05) is 39.3 Å². The van der Waals surface area contributed by atoms with Crippen LogP contribution in [0.2, 0.25) is 0 Å². The molecule has 18 nitrogen and oxygen atoms in total. The number of hydrogen-bond donors (Lipinski definition) is 3. The maximum Gasteiger partial charge on any atom is 0.311 e. The van der Waals surface area contributed by atoms with Crippen molar-refractivity contribution in [1.29, 1.82) is 0 Å². The van der Waals surface area contributed by atoms with Crippen LogP contribution in [-0.2, 0) is 64.9 Å². The number of ether oxygens (including phenoxy) is 5. The minimum absolute atomic E-state index is 0.0134. The number of carbonyl (C=O) groups excluding carboxylic acids is 1. The van der Waals surface area contributed by atoms with Crippen LogP contribution in [0.4, 0.5) is 23.2 Å². The van der Waals surface area contributed by atoms with E-state index in [1.165, 1.54) is 18.2 Å². The molecule has 0 fully saturated rings. The number of esters is 1. The Balaban J connectivity index is 1.49. The zero-order chi connectivity index (χ0) is 56.8. The van der Waals surface area contributed by atoms with Gasteiger partial charge in [0, 0.05) is 66.4 Å². The highest BCUT2D eigenvalue weighted by molar-refractivity contribution is 7.86. The summed E-state index contributed by atoms with van der Waals surface area (Å²) in [4.78, 5) is 14.0. The minimum atomic E-state index is -4.72. The number of unbranched alkanes of at least 4 members (excludes halogenated alkanes) is 2. The summed E-state index contributed by atoms with van der Waals surface area (Å²) in [5, 5.41) is 0.679. The molecule has 25 heteroatoms. The van der Waals surface area contributed by atoms with Crippen LogP contribution in [0.3, 0.4) is 0 Å². The van der Waals surface area contributed by atoms with Crippen molar-refractivity contribution in [3.05, 3.63) is 112 Å². The lowest BCUT2D eigenvalue weighted by molar-refractivity contribution is -0.135. The highest BCUT2D eigenvalue weighted by Crippen LogP contribution is 2.51. The summed E-state index contributed by atoms with van der Waals surface area (Å²) in [5.74, 6) is -9.85. The average molecular weight is 1150 g/mol. The number of halogens is 4. The first kappa shape index (κ1) is 62.7. The second-order valence-corrected chi connectivity index (χ2v) is 24.0. The van der Waals surface area contributed by atoms with E-state index in [9.17, 15) is 61.3 Å². The quantitative estimate of drug-likeness (QED) is 0.00859. The Morgan fingerprint density at radius 2 is 1.38 bits per heavy atom. The van der Waals surface area contributed by atoms with Crippen LogP contribution in [0, 0.1) is 23.3 Å². The predicted octanol–water partition coefficient (Wildman–Crippen LogP) is 7.74. The number of nitrogens with zero attached hydrogens (tertiary/aromatic N) is 2. The van der Waals surface area contributed by atoms with E-state index >= 15 is 0 Å². The fraction of sp³-hybridized carbons (Fsp3) is 0.500. The SMILES string of the molecule is COCCOCCOCCOCC[N+](CCCS(=O)(=O)O)=c1ccc2c(C=CC=C3N(CCCCCC(=O)Oc4c(F)c(F)cc(F)c4F)c4ccc(S(=O)(=O)O)cc4C3(C)CCCS(=O)(=O)O)cc(C(C)(C)C)oc-2c1. The van der Waals surface area contributed by atoms with Gasteiger partial charge in [0.2, 0.25) is 22.7 Å². The van der Waals surface area contributed by atoms with Crippen molar-refractivity contribution < 1.29 is 89.4 Å². The first-order valence-electron chi connectivity index (χ1n) is 24.7. The first-order valence-corrected chi connectivity index (χ1v) is 29.4. The lowest BCUT2D eigenvalue weighted by Crippen LogP contribution is -2.35. The molecule has 0 bridgehead atoms. The molecule has 2 aromatic rings. The van der Waals surface area contributed by atoms with Crippen LogP contribution >= 0.6 is 0 Å². The number of fused-ring (bicyclic) bond motifs is 2. The van der Waals surface area contributed by atoms with Gasteiger partial charge in [-0.25, -0.2) is 13.4 Å². The molecule has 426 valence electrons. The molecule has 2 aromatic carbocycles. The number of hydrogen-bond acceptors (Lipinski definition) is 14. The maximum atomic E-state index is 14.2. The second kappa shape index (κ2) is 27.7. The molecule has 0 aromatic heterocycles. The molecular formula is C52H67F4N2O16S3+. The lowest BCUT2D eigenvalue weighted by Gasteiger charge is -2.30. The Hall–Kier alpha value is -5.09. The minimum Gasteiger partial charge on any atom is -0.460 e. The van der Waals surface area contributed by atoms with E-state index in [0.29, 0.717) is 104 Å². The average Bonchev–Trinajstić information content (AvgIpc) is 3.60. The Morgan fingerprint density at radius 3 is 1.99 bits per heavy atom. The number of anilines is 1. The highest BCUT2D eigenvalue weighted by atomic mass is 32.2. The van der Waals surface area contributed by atoms with Gasteiger partial charge in [-0.05, 0) is 80.1 Å². The van der Waals surface area contributed by atoms with E-state index in [0.717, 1.165) is 0 Å². The molecule has 77 heavy (non-hydrogen) atoms. The molecule has 3 N–H and O–H groups in total. The van der Waals surface area contributed by atoms with Crippen LogP contribution in [0.15, 0.2) is 75.7 Å². The second-order valence-electron chi connectivity index (χ2n) is 19.5. The normalized spacial score (nSPS) is 16.3. The van der Waals surface area contributed by atoms with Gasteiger partial charge >= 0.3 is 5.97 Å². The Bertz CT molecular complexity index is 3120. The number of benzene rings is 3. The van der Waals surface area contributed by atoms with Crippen LogP contribution in [0.5, 0.6) is 5.75 Å². The third-order valence-corrected chi connectivity index (χ3v) is 15.0. The van der Waals surface area contributed by atoms with Gasteiger partial charge in [-0.15, -0.1) is 0 Å². The van der Waals surface area contributed by atoms with Crippen molar-refractivity contribution in [3.8, 4) is 17.1 Å². The van der Waals surface area contributed by atoms with Crippen LogP contribution in [0.1, 0.15) is 89.5 Å². The van der Waals surface area contributed by atoms with Crippen molar-refractivity contribution in [2.24, 2.45) is 0 Å². The number of carbonyl (C=O) groups is 1. The molecule has 2 heterocycles. The number of allylic oxidation sites excluding steroid dienone is 3. The Labute approximate surface area is 446 Å². The molecule has 3 aliphatic rings. The van der Waals surface area contributed by atoms with Gasteiger partial charge in [0.1, 0.15) is 24.7 Å². The largest absolute Gasteiger partial charge is 0.460 e. The van der Waals surface area contributed by atoms with Crippen LogP contribution < -0.4 is 19.6 Å². The van der Waals surface area contributed by atoms with Crippen molar-refractivity contribution >= 4 is 48.1 Å². The van der Waals surface area contributed by atoms with Crippen LogP contribution in [-0.4, -0.2) is 129 Å². The summed E-state index contributed by atoms with van der Waals surface area (Å²) >= 11 is 0. The molecule has 5 rings (SSSR count). The van der Waals surface area contributed by atoms with Gasteiger partial charge in [-0.3, -0.25) is 18.5 Å². The summed E-state index contributed by atoms with van der Waals surface area (Å²) in [6, 6.07) is 11.4. The summed E-state index contributed by atoms with van der Waals surface area (Å²) in [5.41, 5.74) is 1.24. The number of methoxy groups -OCH3 is 1. The van der Waals surface area contributed by atoms with E-state index < -0.39 is 92.6 Å². The molecule has 2 aliphatic heterocycles. The Morgan fingerprint density at radius 1 is 0.753 bits per heavy atom. The third kappa shape index (κ3) is 18.5. The molecule has 0 saturated carbocycles. The summed E-state index contributed by atoms with van der Waals surface area (Å²) in [6.07, 6.45) is 5.84. The summed E-state index contributed by atoms with van der Waals surface area (Å²) < 4.78 is 192. The fourth-order valence-electron chi connectivity index (χ4n) is 8.64. The van der Waals surface area contributed by atoms with Gasteiger partial charge < -0.3 is 33.0 Å². The first-order chi connectivity index (χ1) is 36.1.